The maximum Gasteiger partial charge on any atom is 0.133 e. The highest BCUT2D eigenvalue weighted by atomic mass is 15.0. The van der Waals surface area contributed by atoms with Gasteiger partial charge in [0.15, 0.2) is 0 Å². The number of hydrogen-bond acceptors (Lipinski definition) is 2. The first-order valence-electron chi connectivity index (χ1n) is 10.6. The summed E-state index contributed by atoms with van der Waals surface area (Å²) in [5.74, 6) is 0.895. The monoisotopic (exact) mass is 400 g/mol. The highest BCUT2D eigenvalue weighted by molar-refractivity contribution is 6.05. The van der Waals surface area contributed by atoms with Gasteiger partial charge in [0.2, 0.25) is 0 Å². The normalized spacial score (nSPS) is 15.6. The Kier molecular flexibility index (Phi) is 5.20. The van der Waals surface area contributed by atoms with Crippen LogP contribution in [0.15, 0.2) is 120 Å². The van der Waals surface area contributed by atoms with Crippen molar-refractivity contribution in [2.75, 3.05) is 0 Å². The van der Waals surface area contributed by atoms with E-state index in [0.717, 1.165) is 22.7 Å². The van der Waals surface area contributed by atoms with Crippen LogP contribution in [0.3, 0.4) is 0 Å². The molecule has 4 aromatic carbocycles. The van der Waals surface area contributed by atoms with Crippen LogP contribution in [0, 0.1) is 6.92 Å². The van der Waals surface area contributed by atoms with Crippen molar-refractivity contribution < 1.29 is 0 Å². The molecule has 2 heteroatoms. The van der Waals surface area contributed by atoms with Crippen LogP contribution in [0.2, 0.25) is 0 Å². The average Bonchev–Trinajstić information content (AvgIpc) is 2.85. The van der Waals surface area contributed by atoms with Crippen LogP contribution in [0.4, 0.5) is 0 Å². The lowest BCUT2D eigenvalue weighted by Crippen LogP contribution is -2.27. The number of nitrogens with one attached hydrogen (secondary N) is 1. The largest absolute Gasteiger partial charge is 0.340 e. The summed E-state index contributed by atoms with van der Waals surface area (Å²) in [5.41, 5.74) is 8.28. The maximum atomic E-state index is 5.05. The number of nitrogens with zero attached hydrogens (tertiary/aromatic N) is 1. The van der Waals surface area contributed by atoms with Crippen LogP contribution in [0.5, 0.6) is 0 Å². The molecule has 1 aliphatic heterocycles. The van der Waals surface area contributed by atoms with Crippen LogP contribution in [0.1, 0.15) is 28.3 Å². The van der Waals surface area contributed by atoms with Crippen LogP contribution in [0.25, 0.3) is 16.8 Å². The third-order valence-corrected chi connectivity index (χ3v) is 5.69. The van der Waals surface area contributed by atoms with Gasteiger partial charge in [-0.2, -0.15) is 0 Å². The average molecular weight is 401 g/mol. The van der Waals surface area contributed by atoms with E-state index in [4.69, 9.17) is 4.99 Å². The van der Waals surface area contributed by atoms with Crippen LogP contribution < -0.4 is 5.32 Å². The van der Waals surface area contributed by atoms with Crippen molar-refractivity contribution in [2.24, 2.45) is 4.99 Å². The molecular formula is C29H24N2. The smallest absolute Gasteiger partial charge is 0.133 e. The van der Waals surface area contributed by atoms with Gasteiger partial charge < -0.3 is 5.32 Å². The highest BCUT2D eigenvalue weighted by Gasteiger charge is 2.19. The van der Waals surface area contributed by atoms with Crippen LogP contribution >= 0.6 is 0 Å². The molecule has 0 fully saturated rings. The van der Waals surface area contributed by atoms with Gasteiger partial charge in [0.1, 0.15) is 5.84 Å². The van der Waals surface area contributed by atoms with Crippen molar-refractivity contribution in [1.29, 1.82) is 0 Å². The standard InChI is InChI=1S/C29H24N2/c1-21-10-8-9-15-26(21)22-16-18-25(19-17-22)29-30-27(23-11-4-2-5-12-23)20-28(31-29)24-13-6-3-7-14-24/h2-20,27H,1H3,(H,30,31). The first kappa shape index (κ1) is 19.1. The fourth-order valence-corrected chi connectivity index (χ4v) is 3.99. The molecule has 1 atom stereocenters. The minimum absolute atomic E-state index is 0.0244. The maximum absolute atomic E-state index is 5.05. The van der Waals surface area contributed by atoms with E-state index in [1.54, 1.807) is 0 Å². The van der Waals surface area contributed by atoms with Gasteiger partial charge in [0, 0.05) is 11.3 Å². The molecule has 1 N–H and O–H groups in total. The topological polar surface area (TPSA) is 24.4 Å². The van der Waals surface area contributed by atoms with E-state index in [0.29, 0.717) is 0 Å². The van der Waals surface area contributed by atoms with E-state index in [-0.39, 0.29) is 6.04 Å². The van der Waals surface area contributed by atoms with E-state index in [1.807, 2.05) is 12.1 Å². The molecule has 0 saturated heterocycles. The van der Waals surface area contributed by atoms with E-state index < -0.39 is 0 Å². The summed E-state index contributed by atoms with van der Waals surface area (Å²) >= 11 is 0. The van der Waals surface area contributed by atoms with Gasteiger partial charge in [-0.15, -0.1) is 0 Å². The molecule has 0 aliphatic carbocycles. The first-order chi connectivity index (χ1) is 15.3. The van der Waals surface area contributed by atoms with E-state index in [9.17, 15) is 0 Å². The third kappa shape index (κ3) is 4.06. The molecule has 31 heavy (non-hydrogen) atoms. The van der Waals surface area contributed by atoms with Crippen molar-refractivity contribution in [3.63, 3.8) is 0 Å². The lowest BCUT2D eigenvalue weighted by Gasteiger charge is -2.23. The zero-order valence-corrected chi connectivity index (χ0v) is 17.5. The Balaban J connectivity index is 1.52. The first-order valence-corrected chi connectivity index (χ1v) is 10.6. The number of aliphatic imine (C=N–C) groups is 1. The molecule has 0 aromatic heterocycles. The molecule has 0 saturated carbocycles. The van der Waals surface area contributed by atoms with Crippen molar-refractivity contribution >= 4 is 11.5 Å². The lowest BCUT2D eigenvalue weighted by atomic mass is 9.98. The molecular weight excluding hydrogens is 376 g/mol. The van der Waals surface area contributed by atoms with E-state index >= 15 is 0 Å². The van der Waals surface area contributed by atoms with Gasteiger partial charge in [0.25, 0.3) is 0 Å². The van der Waals surface area contributed by atoms with E-state index in [2.05, 4.69) is 115 Å². The van der Waals surface area contributed by atoms with Gasteiger partial charge in [-0.05, 0) is 40.8 Å². The number of hydrogen-bond donors (Lipinski definition) is 1. The lowest BCUT2D eigenvalue weighted by molar-refractivity contribution is 0.880. The Labute approximate surface area is 183 Å². The van der Waals surface area contributed by atoms with Crippen LogP contribution in [-0.4, -0.2) is 5.84 Å². The predicted molar refractivity (Wildman–Crippen MR) is 130 cm³/mol. The Morgan fingerprint density at radius 2 is 1.23 bits per heavy atom. The molecule has 1 unspecified atom stereocenters. The fourth-order valence-electron chi connectivity index (χ4n) is 3.99. The molecule has 1 heterocycles. The van der Waals surface area contributed by atoms with Crippen molar-refractivity contribution in [1.82, 2.24) is 5.32 Å². The fraction of sp³-hybridized carbons (Fsp3) is 0.0690. The summed E-state index contributed by atoms with van der Waals surface area (Å²) in [4.78, 5) is 5.05. The number of amidine groups is 1. The van der Waals surface area contributed by atoms with Gasteiger partial charge in [-0.1, -0.05) is 109 Å². The molecule has 0 bridgehead atoms. The third-order valence-electron chi connectivity index (χ3n) is 5.69. The van der Waals surface area contributed by atoms with Gasteiger partial charge >= 0.3 is 0 Å². The summed E-state index contributed by atoms with van der Waals surface area (Å²) in [5, 5.41) is 3.57. The molecule has 5 rings (SSSR count). The second-order valence-electron chi connectivity index (χ2n) is 7.80. The molecule has 4 aromatic rings. The zero-order chi connectivity index (χ0) is 21.0. The second kappa shape index (κ2) is 8.45. The molecule has 0 amide bonds. The summed E-state index contributed by atoms with van der Waals surface area (Å²) in [6.07, 6.45) is 2.20. The summed E-state index contributed by atoms with van der Waals surface area (Å²) < 4.78 is 0. The Hall–Kier alpha value is -3.91. The number of rotatable bonds is 4. The van der Waals surface area contributed by atoms with Gasteiger partial charge in [-0.25, -0.2) is 0 Å². The van der Waals surface area contributed by atoms with Crippen molar-refractivity contribution in [2.45, 2.75) is 13.0 Å². The van der Waals surface area contributed by atoms with Crippen LogP contribution in [-0.2, 0) is 0 Å². The zero-order valence-electron chi connectivity index (χ0n) is 17.5. The highest BCUT2D eigenvalue weighted by Crippen LogP contribution is 2.29. The minimum atomic E-state index is -0.0244. The molecule has 1 aliphatic rings. The summed E-state index contributed by atoms with van der Waals surface area (Å²) in [7, 11) is 0. The molecule has 0 spiro atoms. The minimum Gasteiger partial charge on any atom is -0.340 e. The number of aryl methyl sites for hydroxylation is 1. The SMILES string of the molecule is Cc1ccccc1-c1ccc(C2=NC(c3ccccc3)C=C(c3ccccc3)N2)cc1. The predicted octanol–water partition coefficient (Wildman–Crippen LogP) is 6.79. The molecule has 2 nitrogen and oxygen atoms in total. The van der Waals surface area contributed by atoms with Crippen molar-refractivity contribution in [3.05, 3.63) is 138 Å². The van der Waals surface area contributed by atoms with Gasteiger partial charge in [0.05, 0.1) is 6.04 Å². The molecule has 0 radical (unpaired) electrons. The molecule has 150 valence electrons. The summed E-state index contributed by atoms with van der Waals surface area (Å²) in [6.45, 7) is 2.15. The quantitative estimate of drug-likeness (QED) is 0.400. The summed E-state index contributed by atoms with van der Waals surface area (Å²) in [6, 6.07) is 38.0. The number of benzene rings is 4. The van der Waals surface area contributed by atoms with E-state index in [1.165, 1.54) is 22.3 Å². The Bertz CT molecular complexity index is 1240. The van der Waals surface area contributed by atoms with Gasteiger partial charge in [-0.3, -0.25) is 4.99 Å². The second-order valence-corrected chi connectivity index (χ2v) is 7.80. The Morgan fingerprint density at radius 1 is 0.613 bits per heavy atom. The van der Waals surface area contributed by atoms with Crippen molar-refractivity contribution in [3.8, 4) is 11.1 Å². The Morgan fingerprint density at radius 3 is 1.94 bits per heavy atom.